The van der Waals surface area contributed by atoms with E-state index in [0.717, 1.165) is 11.8 Å². The number of nitrogens with one attached hydrogen (secondary N) is 2. The Morgan fingerprint density at radius 3 is 2.47 bits per heavy atom. The number of hydrogen-bond acceptors (Lipinski definition) is 3. The highest BCUT2D eigenvalue weighted by Crippen LogP contribution is 2.13. The van der Waals surface area contributed by atoms with Gasteiger partial charge >= 0.3 is 0 Å². The molecule has 0 radical (unpaired) electrons. The number of carbonyl (C=O) groups is 1. The molecule has 0 aliphatic carbocycles. The molecule has 0 saturated carbocycles. The van der Waals surface area contributed by atoms with Crippen LogP contribution in [-0.4, -0.2) is 22.4 Å². The molecule has 0 rings (SSSR count). The van der Waals surface area contributed by atoms with Crippen molar-refractivity contribution >= 4 is 22.8 Å². The molecule has 15 heavy (non-hydrogen) atoms. The molecular weight excluding hydrogens is 210 g/mol. The van der Waals surface area contributed by atoms with Crippen molar-refractivity contribution in [1.29, 1.82) is 5.41 Å². The van der Waals surface area contributed by atoms with Gasteiger partial charge in [-0.3, -0.25) is 10.2 Å². The van der Waals surface area contributed by atoms with Crippen LogP contribution in [-0.2, 0) is 4.79 Å². The van der Waals surface area contributed by atoms with Crippen LogP contribution in [0.2, 0.25) is 0 Å². The third-order valence-electron chi connectivity index (χ3n) is 2.22. The van der Waals surface area contributed by atoms with E-state index in [-0.39, 0.29) is 16.8 Å². The van der Waals surface area contributed by atoms with E-state index in [1.54, 1.807) is 0 Å². The maximum absolute atomic E-state index is 11.5. The van der Waals surface area contributed by atoms with Crippen LogP contribution in [0.15, 0.2) is 0 Å². The van der Waals surface area contributed by atoms with Gasteiger partial charge < -0.3 is 11.1 Å². The molecule has 1 amide bonds. The number of terminal acetylenes is 1. The first kappa shape index (κ1) is 13.8. The van der Waals surface area contributed by atoms with Gasteiger partial charge in [-0.2, -0.15) is 0 Å². The molecule has 0 aliphatic heterocycles. The van der Waals surface area contributed by atoms with E-state index in [9.17, 15) is 4.79 Å². The molecule has 0 unspecified atom stereocenters. The van der Waals surface area contributed by atoms with Gasteiger partial charge in [0.2, 0.25) is 5.91 Å². The Hall–Kier alpha value is -1.15. The summed E-state index contributed by atoms with van der Waals surface area (Å²) in [4.78, 5) is 11.5. The fraction of sp³-hybridized carbons (Fsp3) is 0.600. The molecule has 84 valence electrons. The maximum atomic E-state index is 11.5. The van der Waals surface area contributed by atoms with Crippen LogP contribution in [0.5, 0.6) is 0 Å². The molecular formula is C10H17N3OS. The van der Waals surface area contributed by atoms with Gasteiger partial charge in [0.25, 0.3) is 0 Å². The van der Waals surface area contributed by atoms with Gasteiger partial charge in [-0.05, 0) is 12.8 Å². The first-order valence-corrected chi connectivity index (χ1v) is 5.73. The van der Waals surface area contributed by atoms with Crippen LogP contribution in [0, 0.1) is 17.8 Å². The van der Waals surface area contributed by atoms with Crippen LogP contribution < -0.4 is 11.1 Å². The van der Waals surface area contributed by atoms with Gasteiger partial charge in [0, 0.05) is 0 Å². The average molecular weight is 227 g/mol. The molecule has 0 aliphatic rings. The van der Waals surface area contributed by atoms with Crippen molar-refractivity contribution in [2.24, 2.45) is 5.73 Å². The number of amidine groups is 1. The highest BCUT2D eigenvalue weighted by atomic mass is 32.2. The normalized spacial score (nSPS) is 10.5. The van der Waals surface area contributed by atoms with E-state index in [2.05, 4.69) is 11.2 Å². The average Bonchev–Trinajstić information content (AvgIpc) is 2.23. The summed E-state index contributed by atoms with van der Waals surface area (Å²) in [5, 5.41) is 9.70. The Labute approximate surface area is 94.9 Å². The van der Waals surface area contributed by atoms with Crippen LogP contribution in [0.4, 0.5) is 0 Å². The van der Waals surface area contributed by atoms with E-state index in [1.165, 1.54) is 0 Å². The number of rotatable bonds is 5. The van der Waals surface area contributed by atoms with E-state index in [0.29, 0.717) is 12.8 Å². The van der Waals surface area contributed by atoms with Crippen LogP contribution >= 0.6 is 11.8 Å². The Morgan fingerprint density at radius 1 is 1.60 bits per heavy atom. The molecule has 0 heterocycles. The molecule has 0 bridgehead atoms. The van der Waals surface area contributed by atoms with Gasteiger partial charge in [-0.15, -0.1) is 6.42 Å². The minimum Gasteiger partial charge on any atom is -0.379 e. The first-order valence-electron chi connectivity index (χ1n) is 4.75. The third kappa shape index (κ3) is 4.75. The topological polar surface area (TPSA) is 79.0 Å². The summed E-state index contributed by atoms with van der Waals surface area (Å²) >= 11 is 0.992. The number of hydrogen-bond donors (Lipinski definition) is 3. The lowest BCUT2D eigenvalue weighted by Gasteiger charge is -2.26. The van der Waals surface area contributed by atoms with Gasteiger partial charge in [-0.1, -0.05) is 31.5 Å². The predicted octanol–water partition coefficient (Wildman–Crippen LogP) is 0.921. The Morgan fingerprint density at radius 2 is 2.13 bits per heavy atom. The van der Waals surface area contributed by atoms with Crippen molar-refractivity contribution in [3.63, 3.8) is 0 Å². The number of nitrogens with two attached hydrogens (primary N) is 1. The highest BCUT2D eigenvalue weighted by Gasteiger charge is 2.24. The predicted molar refractivity (Wildman–Crippen MR) is 64.7 cm³/mol. The Bertz CT molecular complexity index is 279. The van der Waals surface area contributed by atoms with E-state index in [4.69, 9.17) is 17.6 Å². The summed E-state index contributed by atoms with van der Waals surface area (Å²) < 4.78 is 0. The second kappa shape index (κ2) is 6.36. The molecule has 5 heteroatoms. The summed E-state index contributed by atoms with van der Waals surface area (Å²) in [7, 11) is 0. The van der Waals surface area contributed by atoms with Gasteiger partial charge in [0.15, 0.2) is 5.17 Å². The van der Waals surface area contributed by atoms with Crippen LogP contribution in [0.1, 0.15) is 26.7 Å². The maximum Gasteiger partial charge on any atom is 0.231 e. The highest BCUT2D eigenvalue weighted by molar-refractivity contribution is 8.14. The minimum absolute atomic E-state index is 0.0653. The van der Waals surface area contributed by atoms with Gasteiger partial charge in [-0.25, -0.2) is 0 Å². The standard InChI is InChI=1S/C10H17N3OS/c1-4-10(5-2,6-3)13-8(14)7-15-9(11)12/h1H,5-7H2,2-3H3,(H3,11,12)(H,13,14). The summed E-state index contributed by atoms with van der Waals surface area (Å²) in [6.07, 6.45) is 6.78. The Balaban J connectivity index is 4.25. The fourth-order valence-corrected chi connectivity index (χ4v) is 1.47. The lowest BCUT2D eigenvalue weighted by molar-refractivity contribution is -0.119. The van der Waals surface area contributed by atoms with E-state index >= 15 is 0 Å². The lowest BCUT2D eigenvalue weighted by Crippen LogP contribution is -2.47. The number of amides is 1. The monoisotopic (exact) mass is 227 g/mol. The van der Waals surface area contributed by atoms with E-state index < -0.39 is 5.54 Å². The van der Waals surface area contributed by atoms with Crippen LogP contribution in [0.25, 0.3) is 0 Å². The van der Waals surface area contributed by atoms with E-state index in [1.807, 2.05) is 13.8 Å². The summed E-state index contributed by atoms with van der Waals surface area (Å²) in [6, 6.07) is 0. The minimum atomic E-state index is -0.561. The molecule has 0 atom stereocenters. The van der Waals surface area contributed by atoms with Gasteiger partial charge in [0.05, 0.1) is 5.75 Å². The molecule has 4 N–H and O–H groups in total. The lowest BCUT2D eigenvalue weighted by atomic mass is 9.94. The zero-order chi connectivity index (χ0) is 11.9. The van der Waals surface area contributed by atoms with Crippen LogP contribution in [0.3, 0.4) is 0 Å². The van der Waals surface area contributed by atoms with Crippen molar-refractivity contribution < 1.29 is 4.79 Å². The van der Waals surface area contributed by atoms with Crippen molar-refractivity contribution in [1.82, 2.24) is 5.32 Å². The number of carbonyl (C=O) groups excluding carboxylic acids is 1. The third-order valence-corrected chi connectivity index (χ3v) is 2.94. The SMILES string of the molecule is C#CC(CC)(CC)NC(=O)CSC(=N)N. The fourth-order valence-electron chi connectivity index (χ4n) is 1.11. The second-order valence-corrected chi connectivity index (χ2v) is 4.15. The molecule has 0 aromatic rings. The van der Waals surface area contributed by atoms with Crippen molar-refractivity contribution in [3.8, 4) is 12.3 Å². The summed E-state index contributed by atoms with van der Waals surface area (Å²) in [5.41, 5.74) is 4.57. The zero-order valence-electron chi connectivity index (χ0n) is 9.09. The Kier molecular flexibility index (Phi) is 5.87. The first-order chi connectivity index (χ1) is 6.99. The quantitative estimate of drug-likeness (QED) is 0.371. The molecule has 0 saturated heterocycles. The van der Waals surface area contributed by atoms with Crippen molar-refractivity contribution in [2.75, 3.05) is 5.75 Å². The second-order valence-electron chi connectivity index (χ2n) is 3.13. The smallest absolute Gasteiger partial charge is 0.231 e. The summed E-state index contributed by atoms with van der Waals surface area (Å²) in [5.74, 6) is 2.56. The largest absolute Gasteiger partial charge is 0.379 e. The zero-order valence-corrected chi connectivity index (χ0v) is 9.91. The van der Waals surface area contributed by atoms with Crippen molar-refractivity contribution in [3.05, 3.63) is 0 Å². The van der Waals surface area contributed by atoms with Crippen molar-refractivity contribution in [2.45, 2.75) is 32.2 Å². The van der Waals surface area contributed by atoms with Gasteiger partial charge in [0.1, 0.15) is 5.54 Å². The molecule has 0 aromatic carbocycles. The molecule has 0 spiro atoms. The molecule has 0 aromatic heterocycles. The molecule has 0 fully saturated rings. The number of thioether (sulfide) groups is 1. The summed E-state index contributed by atoms with van der Waals surface area (Å²) in [6.45, 7) is 3.86. The molecule has 4 nitrogen and oxygen atoms in total.